The van der Waals surface area contributed by atoms with Crippen LogP contribution in [0.2, 0.25) is 0 Å². The maximum atomic E-state index is 12.3. The second-order valence-corrected chi connectivity index (χ2v) is 5.70. The van der Waals surface area contributed by atoms with E-state index in [1.54, 1.807) is 0 Å². The van der Waals surface area contributed by atoms with E-state index in [2.05, 4.69) is 30.4 Å². The smallest absolute Gasteiger partial charge is 0.225 e. The summed E-state index contributed by atoms with van der Waals surface area (Å²) in [7, 11) is 0. The minimum Gasteiger partial charge on any atom is -0.349 e. The van der Waals surface area contributed by atoms with Gasteiger partial charge in [-0.2, -0.15) is 0 Å². The van der Waals surface area contributed by atoms with E-state index in [0.29, 0.717) is 0 Å². The van der Waals surface area contributed by atoms with Gasteiger partial charge in [0.05, 0.1) is 12.0 Å². The molecule has 1 aromatic carbocycles. The second kappa shape index (κ2) is 6.20. The lowest BCUT2D eigenvalue weighted by Crippen LogP contribution is -2.44. The van der Waals surface area contributed by atoms with Gasteiger partial charge in [-0.1, -0.05) is 42.7 Å². The predicted octanol–water partition coefficient (Wildman–Crippen LogP) is 2.69. The molecule has 0 aromatic heterocycles. The number of nitrogens with two attached hydrogens (primary N) is 1. The molecule has 0 bridgehead atoms. The lowest BCUT2D eigenvalue weighted by atomic mass is 9.84. The molecule has 19 heavy (non-hydrogen) atoms. The van der Waals surface area contributed by atoms with Crippen molar-refractivity contribution in [2.45, 2.75) is 51.6 Å². The Morgan fingerprint density at radius 3 is 2.79 bits per heavy atom. The summed E-state index contributed by atoms with van der Waals surface area (Å²) in [6.45, 7) is 4.09. The van der Waals surface area contributed by atoms with Gasteiger partial charge in [0.15, 0.2) is 0 Å². The lowest BCUT2D eigenvalue weighted by Gasteiger charge is -2.28. The molecule has 0 heterocycles. The number of amides is 1. The number of carbonyl (C=O) groups is 1. The van der Waals surface area contributed by atoms with Crippen LogP contribution in [0.4, 0.5) is 0 Å². The fourth-order valence-electron chi connectivity index (χ4n) is 2.83. The number of carbonyl (C=O) groups excluding carboxylic acids is 1. The van der Waals surface area contributed by atoms with Crippen molar-refractivity contribution in [2.24, 2.45) is 11.7 Å². The first kappa shape index (κ1) is 14.1. The van der Waals surface area contributed by atoms with Crippen molar-refractivity contribution in [3.8, 4) is 0 Å². The highest BCUT2D eigenvalue weighted by molar-refractivity contribution is 5.79. The topological polar surface area (TPSA) is 55.1 Å². The van der Waals surface area contributed by atoms with Crippen molar-refractivity contribution in [3.63, 3.8) is 0 Å². The van der Waals surface area contributed by atoms with Gasteiger partial charge in [0.2, 0.25) is 5.91 Å². The maximum Gasteiger partial charge on any atom is 0.225 e. The molecule has 2 rings (SSSR count). The zero-order chi connectivity index (χ0) is 13.8. The molecule has 0 radical (unpaired) electrons. The molecule has 3 N–H and O–H groups in total. The number of nitrogens with one attached hydrogen (secondary N) is 1. The van der Waals surface area contributed by atoms with Crippen molar-refractivity contribution in [1.82, 2.24) is 5.32 Å². The summed E-state index contributed by atoms with van der Waals surface area (Å²) in [6.07, 6.45) is 4.16. The van der Waals surface area contributed by atoms with Crippen molar-refractivity contribution < 1.29 is 4.79 Å². The molecule has 1 aliphatic carbocycles. The Labute approximate surface area is 115 Å². The summed E-state index contributed by atoms with van der Waals surface area (Å²) in [5.74, 6) is 0.0993. The normalized spacial score (nSPS) is 24.8. The van der Waals surface area contributed by atoms with Gasteiger partial charge in [-0.05, 0) is 32.3 Å². The molecule has 0 saturated heterocycles. The third kappa shape index (κ3) is 3.57. The third-order valence-electron chi connectivity index (χ3n) is 4.06. The predicted molar refractivity (Wildman–Crippen MR) is 77.7 cm³/mol. The number of rotatable bonds is 3. The fourth-order valence-corrected chi connectivity index (χ4v) is 2.83. The van der Waals surface area contributed by atoms with Crippen LogP contribution in [-0.4, -0.2) is 11.9 Å². The number of benzene rings is 1. The van der Waals surface area contributed by atoms with Gasteiger partial charge in [0, 0.05) is 6.04 Å². The average Bonchev–Trinajstić information content (AvgIpc) is 2.39. The highest BCUT2D eigenvalue weighted by atomic mass is 16.2. The van der Waals surface area contributed by atoms with Gasteiger partial charge < -0.3 is 11.1 Å². The monoisotopic (exact) mass is 260 g/mol. The Balaban J connectivity index is 1.98. The van der Waals surface area contributed by atoms with Gasteiger partial charge in [0.25, 0.3) is 0 Å². The van der Waals surface area contributed by atoms with Crippen LogP contribution in [0.3, 0.4) is 0 Å². The highest BCUT2D eigenvalue weighted by Crippen LogP contribution is 2.24. The highest BCUT2D eigenvalue weighted by Gasteiger charge is 2.28. The van der Waals surface area contributed by atoms with Crippen molar-refractivity contribution in [1.29, 1.82) is 0 Å². The number of aryl methyl sites for hydroxylation is 1. The Morgan fingerprint density at radius 1 is 1.37 bits per heavy atom. The van der Waals surface area contributed by atoms with Gasteiger partial charge in [0.1, 0.15) is 0 Å². The van der Waals surface area contributed by atoms with Crippen molar-refractivity contribution in [3.05, 3.63) is 35.4 Å². The minimum atomic E-state index is -0.0130. The summed E-state index contributed by atoms with van der Waals surface area (Å²) in [5, 5.41) is 3.10. The fraction of sp³-hybridized carbons (Fsp3) is 0.562. The van der Waals surface area contributed by atoms with Crippen LogP contribution in [0.15, 0.2) is 24.3 Å². The van der Waals surface area contributed by atoms with Gasteiger partial charge in [-0.15, -0.1) is 0 Å². The summed E-state index contributed by atoms with van der Waals surface area (Å²) in [5.41, 5.74) is 8.42. The molecule has 1 aliphatic rings. The molecule has 3 atom stereocenters. The molecule has 1 saturated carbocycles. The maximum absolute atomic E-state index is 12.3. The molecule has 3 nitrogen and oxygen atoms in total. The molecule has 2 unspecified atom stereocenters. The standard InChI is InChI=1S/C16H24N2O/c1-11-6-5-7-13(10-11)12(2)18-16(19)14-8-3-4-9-15(14)17/h5-7,10,12,14-15H,3-4,8-9,17H2,1-2H3,(H,18,19)/t12-,14?,15?/m1/s1. The van der Waals surface area contributed by atoms with E-state index in [9.17, 15) is 4.79 Å². The molecule has 1 fully saturated rings. The summed E-state index contributed by atoms with van der Waals surface area (Å²) in [6, 6.07) is 8.33. The van der Waals surface area contributed by atoms with Gasteiger partial charge in [-0.3, -0.25) is 4.79 Å². The molecule has 1 aromatic rings. The molecule has 0 spiro atoms. The molecular weight excluding hydrogens is 236 g/mol. The van der Waals surface area contributed by atoms with E-state index in [4.69, 9.17) is 5.73 Å². The van der Waals surface area contributed by atoms with E-state index in [-0.39, 0.29) is 23.9 Å². The molecule has 0 aliphatic heterocycles. The summed E-state index contributed by atoms with van der Waals surface area (Å²) in [4.78, 5) is 12.3. The van der Waals surface area contributed by atoms with E-state index < -0.39 is 0 Å². The number of hydrogen-bond acceptors (Lipinski definition) is 2. The van der Waals surface area contributed by atoms with Crippen LogP contribution >= 0.6 is 0 Å². The summed E-state index contributed by atoms with van der Waals surface area (Å²) < 4.78 is 0. The zero-order valence-electron chi connectivity index (χ0n) is 11.9. The van der Waals surface area contributed by atoms with Crippen LogP contribution in [0.25, 0.3) is 0 Å². The van der Waals surface area contributed by atoms with E-state index >= 15 is 0 Å². The third-order valence-corrected chi connectivity index (χ3v) is 4.06. The quantitative estimate of drug-likeness (QED) is 0.878. The average molecular weight is 260 g/mol. The first-order valence-corrected chi connectivity index (χ1v) is 7.20. The number of hydrogen-bond donors (Lipinski definition) is 2. The molecule has 3 heteroatoms. The first-order valence-electron chi connectivity index (χ1n) is 7.20. The van der Waals surface area contributed by atoms with E-state index in [1.165, 1.54) is 5.56 Å². The molecular formula is C16H24N2O. The Kier molecular flexibility index (Phi) is 4.59. The summed E-state index contributed by atoms with van der Waals surface area (Å²) >= 11 is 0. The van der Waals surface area contributed by atoms with Crippen LogP contribution < -0.4 is 11.1 Å². The van der Waals surface area contributed by atoms with Gasteiger partial charge >= 0.3 is 0 Å². The Morgan fingerprint density at radius 2 is 2.11 bits per heavy atom. The van der Waals surface area contributed by atoms with E-state index in [1.807, 2.05) is 13.0 Å². The molecule has 1 amide bonds. The largest absolute Gasteiger partial charge is 0.349 e. The van der Waals surface area contributed by atoms with Crippen molar-refractivity contribution >= 4 is 5.91 Å². The van der Waals surface area contributed by atoms with Crippen LogP contribution in [-0.2, 0) is 4.79 Å². The zero-order valence-corrected chi connectivity index (χ0v) is 11.9. The van der Waals surface area contributed by atoms with Gasteiger partial charge in [-0.25, -0.2) is 0 Å². The van der Waals surface area contributed by atoms with Crippen LogP contribution in [0.5, 0.6) is 0 Å². The Hall–Kier alpha value is -1.35. The second-order valence-electron chi connectivity index (χ2n) is 5.70. The van der Waals surface area contributed by atoms with Crippen LogP contribution in [0.1, 0.15) is 49.8 Å². The van der Waals surface area contributed by atoms with E-state index in [0.717, 1.165) is 31.2 Å². The first-order chi connectivity index (χ1) is 9.08. The minimum absolute atomic E-state index is 0.0130. The van der Waals surface area contributed by atoms with Crippen molar-refractivity contribution in [2.75, 3.05) is 0 Å². The lowest BCUT2D eigenvalue weighted by molar-refractivity contribution is -0.127. The Bertz CT molecular complexity index is 444. The SMILES string of the molecule is Cc1cccc([C@@H](C)NC(=O)C2CCCCC2N)c1. The van der Waals surface area contributed by atoms with Crippen LogP contribution in [0, 0.1) is 12.8 Å². The molecule has 104 valence electrons.